The van der Waals surface area contributed by atoms with Crippen LogP contribution in [-0.2, 0) is 12.7 Å². The van der Waals surface area contributed by atoms with Gasteiger partial charge in [0.05, 0.1) is 5.56 Å². The normalized spacial score (nSPS) is 12.1. The summed E-state index contributed by atoms with van der Waals surface area (Å²) in [5.41, 5.74) is 6.15. The van der Waals surface area contributed by atoms with Gasteiger partial charge < -0.3 is 10.3 Å². The van der Waals surface area contributed by atoms with E-state index >= 15 is 0 Å². The maximum atomic E-state index is 12.8. The topological polar surface area (TPSA) is 43.8 Å². The van der Waals surface area contributed by atoms with Crippen LogP contribution in [0.2, 0.25) is 0 Å². The zero-order valence-electron chi connectivity index (χ0n) is 12.2. The van der Waals surface area contributed by atoms with Crippen LogP contribution in [0.25, 0.3) is 11.3 Å². The zero-order chi connectivity index (χ0) is 15.8. The number of anilines is 1. The number of imidazole rings is 1. The second-order valence-corrected chi connectivity index (χ2v) is 5.48. The molecule has 1 heterocycles. The van der Waals surface area contributed by atoms with Crippen molar-refractivity contribution < 1.29 is 13.2 Å². The number of alkyl halides is 3. The molecule has 2 aromatic rings. The summed E-state index contributed by atoms with van der Waals surface area (Å²) in [5, 5.41) is 0. The van der Waals surface area contributed by atoms with E-state index in [-0.39, 0.29) is 0 Å². The van der Waals surface area contributed by atoms with E-state index in [0.29, 0.717) is 35.4 Å². The molecule has 2 N–H and O–H groups in total. The van der Waals surface area contributed by atoms with E-state index in [4.69, 9.17) is 5.73 Å². The Hall–Kier alpha value is -1.98. The van der Waals surface area contributed by atoms with Crippen molar-refractivity contribution in [1.82, 2.24) is 9.55 Å². The van der Waals surface area contributed by atoms with Crippen molar-refractivity contribution >= 4 is 5.82 Å². The maximum Gasteiger partial charge on any atom is 0.416 e. The summed E-state index contributed by atoms with van der Waals surface area (Å²) >= 11 is 0. The first-order chi connectivity index (χ1) is 9.70. The van der Waals surface area contributed by atoms with E-state index in [1.54, 1.807) is 13.0 Å². The molecule has 0 fully saturated rings. The fourth-order valence-corrected chi connectivity index (χ4v) is 2.23. The first-order valence-corrected chi connectivity index (χ1v) is 6.70. The van der Waals surface area contributed by atoms with Gasteiger partial charge in [0, 0.05) is 12.1 Å². The number of hydrogen-bond acceptors (Lipinski definition) is 2. The van der Waals surface area contributed by atoms with Crippen LogP contribution in [0.3, 0.4) is 0 Å². The summed E-state index contributed by atoms with van der Waals surface area (Å²) < 4.78 is 40.2. The molecule has 1 aromatic heterocycles. The summed E-state index contributed by atoms with van der Waals surface area (Å²) in [6, 6.07) is 5.08. The Morgan fingerprint density at radius 1 is 1.29 bits per heavy atom. The van der Waals surface area contributed by atoms with Gasteiger partial charge in [-0.05, 0) is 25.0 Å². The van der Waals surface area contributed by atoms with Crippen molar-refractivity contribution in [2.45, 2.75) is 33.5 Å². The van der Waals surface area contributed by atoms with Crippen molar-refractivity contribution in [3.05, 3.63) is 35.7 Å². The number of aromatic nitrogens is 2. The van der Waals surface area contributed by atoms with E-state index in [9.17, 15) is 13.2 Å². The zero-order valence-corrected chi connectivity index (χ0v) is 12.2. The highest BCUT2D eigenvalue weighted by atomic mass is 19.4. The number of halogens is 3. The molecule has 0 saturated heterocycles. The molecule has 0 unspecified atom stereocenters. The maximum absolute atomic E-state index is 12.8. The smallest absolute Gasteiger partial charge is 0.383 e. The Morgan fingerprint density at radius 3 is 2.52 bits per heavy atom. The molecule has 0 saturated carbocycles. The molecule has 0 aliphatic rings. The summed E-state index contributed by atoms with van der Waals surface area (Å²) in [6.07, 6.45) is -4.37. The van der Waals surface area contributed by atoms with Crippen LogP contribution in [0.1, 0.15) is 25.2 Å². The van der Waals surface area contributed by atoms with E-state index in [0.717, 1.165) is 12.1 Å². The number of nitrogen functional groups attached to an aromatic ring is 1. The standard InChI is InChI=1S/C15H18F3N3/c1-9(2)8-21-10(3)20-13(14(21)19)11-5-4-6-12(7-11)15(16,17)18/h4-7,9H,8,19H2,1-3H3. The van der Waals surface area contributed by atoms with Gasteiger partial charge in [0.15, 0.2) is 0 Å². The Morgan fingerprint density at radius 2 is 1.95 bits per heavy atom. The highest BCUT2D eigenvalue weighted by Crippen LogP contribution is 2.33. The van der Waals surface area contributed by atoms with Crippen LogP contribution in [0.15, 0.2) is 24.3 Å². The lowest BCUT2D eigenvalue weighted by Gasteiger charge is -2.11. The lowest BCUT2D eigenvalue weighted by Crippen LogP contribution is -2.09. The van der Waals surface area contributed by atoms with E-state index in [2.05, 4.69) is 4.98 Å². The minimum Gasteiger partial charge on any atom is -0.383 e. The van der Waals surface area contributed by atoms with Crippen molar-refractivity contribution in [2.24, 2.45) is 5.92 Å². The van der Waals surface area contributed by atoms with E-state index in [1.807, 2.05) is 18.4 Å². The van der Waals surface area contributed by atoms with Gasteiger partial charge in [-0.2, -0.15) is 13.2 Å². The largest absolute Gasteiger partial charge is 0.416 e. The van der Waals surface area contributed by atoms with Gasteiger partial charge in [-0.25, -0.2) is 4.98 Å². The van der Waals surface area contributed by atoms with E-state index < -0.39 is 11.7 Å². The molecule has 2 rings (SSSR count). The van der Waals surface area contributed by atoms with Crippen LogP contribution < -0.4 is 5.73 Å². The van der Waals surface area contributed by atoms with Crippen LogP contribution in [0, 0.1) is 12.8 Å². The van der Waals surface area contributed by atoms with Crippen LogP contribution in [0.5, 0.6) is 0 Å². The average molecular weight is 297 g/mol. The number of aryl methyl sites for hydroxylation is 1. The first-order valence-electron chi connectivity index (χ1n) is 6.70. The number of nitrogens with zero attached hydrogens (tertiary/aromatic N) is 2. The first kappa shape index (κ1) is 15.4. The van der Waals surface area contributed by atoms with Crippen molar-refractivity contribution in [3.8, 4) is 11.3 Å². The monoisotopic (exact) mass is 297 g/mol. The molecule has 0 radical (unpaired) electrons. The fraction of sp³-hybridized carbons (Fsp3) is 0.400. The minimum absolute atomic E-state index is 0.370. The third-order valence-corrected chi connectivity index (χ3v) is 3.21. The van der Waals surface area contributed by atoms with Gasteiger partial charge >= 0.3 is 6.18 Å². The second kappa shape index (κ2) is 5.42. The van der Waals surface area contributed by atoms with Gasteiger partial charge in [0.25, 0.3) is 0 Å². The number of benzene rings is 1. The molecule has 0 atom stereocenters. The molecule has 21 heavy (non-hydrogen) atoms. The quantitative estimate of drug-likeness (QED) is 0.926. The predicted molar refractivity (Wildman–Crippen MR) is 76.7 cm³/mol. The Bertz CT molecular complexity index is 642. The molecule has 0 aliphatic carbocycles. The highest BCUT2D eigenvalue weighted by Gasteiger charge is 2.30. The molecule has 6 heteroatoms. The molecule has 114 valence electrons. The van der Waals surface area contributed by atoms with Gasteiger partial charge in [0.2, 0.25) is 0 Å². The average Bonchev–Trinajstić information content (AvgIpc) is 2.65. The number of rotatable bonds is 3. The Labute approximate surface area is 121 Å². The fourth-order valence-electron chi connectivity index (χ4n) is 2.23. The summed E-state index contributed by atoms with van der Waals surface area (Å²) in [7, 11) is 0. The van der Waals surface area contributed by atoms with Gasteiger partial charge in [-0.15, -0.1) is 0 Å². The van der Waals surface area contributed by atoms with Crippen LogP contribution in [-0.4, -0.2) is 9.55 Å². The van der Waals surface area contributed by atoms with Crippen LogP contribution >= 0.6 is 0 Å². The minimum atomic E-state index is -4.37. The second-order valence-electron chi connectivity index (χ2n) is 5.48. The van der Waals surface area contributed by atoms with Gasteiger partial charge in [0.1, 0.15) is 17.3 Å². The number of nitrogens with two attached hydrogens (primary N) is 1. The van der Waals surface area contributed by atoms with Gasteiger partial charge in [-0.3, -0.25) is 0 Å². The van der Waals surface area contributed by atoms with Crippen LogP contribution in [0.4, 0.5) is 19.0 Å². The summed E-state index contributed by atoms with van der Waals surface area (Å²) in [5.74, 6) is 1.48. The van der Waals surface area contributed by atoms with Gasteiger partial charge in [-0.1, -0.05) is 26.0 Å². The lowest BCUT2D eigenvalue weighted by molar-refractivity contribution is -0.137. The summed E-state index contributed by atoms with van der Waals surface area (Å²) in [4.78, 5) is 4.33. The van der Waals surface area contributed by atoms with E-state index in [1.165, 1.54) is 6.07 Å². The Kier molecular flexibility index (Phi) is 3.98. The van der Waals surface area contributed by atoms with Crippen molar-refractivity contribution in [3.63, 3.8) is 0 Å². The van der Waals surface area contributed by atoms with Crippen molar-refractivity contribution in [2.75, 3.05) is 5.73 Å². The molecule has 3 nitrogen and oxygen atoms in total. The molecule has 0 spiro atoms. The molecular weight excluding hydrogens is 279 g/mol. The Balaban J connectivity index is 2.48. The molecule has 0 bridgehead atoms. The predicted octanol–water partition coefficient (Wildman–Crippen LogP) is 4.12. The molecule has 1 aromatic carbocycles. The third-order valence-electron chi connectivity index (χ3n) is 3.21. The lowest BCUT2D eigenvalue weighted by atomic mass is 10.1. The molecule has 0 aliphatic heterocycles. The molecular formula is C15H18F3N3. The van der Waals surface area contributed by atoms with Crippen molar-refractivity contribution in [1.29, 1.82) is 0 Å². The molecule has 0 amide bonds. The third kappa shape index (κ3) is 3.20. The summed E-state index contributed by atoms with van der Waals surface area (Å²) in [6.45, 7) is 6.57. The SMILES string of the molecule is Cc1nc(-c2cccc(C(F)(F)F)c2)c(N)n1CC(C)C. The number of hydrogen-bond donors (Lipinski definition) is 1. The highest BCUT2D eigenvalue weighted by molar-refractivity contribution is 5.71.